The zero-order valence-corrected chi connectivity index (χ0v) is 16.9. The van der Waals surface area contributed by atoms with Crippen LogP contribution < -0.4 is 0 Å². The van der Waals surface area contributed by atoms with Crippen LogP contribution in [0.2, 0.25) is 5.02 Å². The minimum Gasteiger partial charge on any atom is -0.436 e. The van der Waals surface area contributed by atoms with Crippen LogP contribution in [0.5, 0.6) is 0 Å². The molecule has 31 heavy (non-hydrogen) atoms. The van der Waals surface area contributed by atoms with Crippen molar-refractivity contribution in [1.82, 2.24) is 9.97 Å². The summed E-state index contributed by atoms with van der Waals surface area (Å²) in [6.07, 6.45) is 0. The molecule has 0 fully saturated rings. The molecule has 6 rings (SSSR count). The van der Waals surface area contributed by atoms with Gasteiger partial charge in [-0.3, -0.25) is 0 Å². The number of halogens is 1. The standard InChI is InChI=1S/C26H14ClN2O2/c27-16-13-14-18(20(15-16)26-29-22-10-4-6-12-24(22)31-26)17-7-1-2-8-19(17)25-28-21-9-3-5-11-23(21)30-25/h1,3-15H. The van der Waals surface area contributed by atoms with Crippen molar-refractivity contribution < 1.29 is 8.83 Å². The summed E-state index contributed by atoms with van der Waals surface area (Å²) in [4.78, 5) is 9.35. The maximum absolute atomic E-state index is 6.36. The van der Waals surface area contributed by atoms with Gasteiger partial charge in [0, 0.05) is 16.1 Å². The molecule has 0 saturated carbocycles. The van der Waals surface area contributed by atoms with E-state index < -0.39 is 0 Å². The molecule has 1 radical (unpaired) electrons. The van der Waals surface area contributed by atoms with E-state index in [1.54, 1.807) is 0 Å². The molecule has 0 aliphatic rings. The van der Waals surface area contributed by atoms with Crippen molar-refractivity contribution in [2.45, 2.75) is 0 Å². The van der Waals surface area contributed by atoms with Crippen LogP contribution in [0, 0.1) is 6.07 Å². The lowest BCUT2D eigenvalue weighted by Crippen LogP contribution is -1.89. The fourth-order valence-electron chi connectivity index (χ4n) is 3.75. The zero-order chi connectivity index (χ0) is 20.8. The van der Waals surface area contributed by atoms with Crippen molar-refractivity contribution in [1.29, 1.82) is 0 Å². The largest absolute Gasteiger partial charge is 0.436 e. The van der Waals surface area contributed by atoms with Gasteiger partial charge in [-0.25, -0.2) is 9.97 Å². The molecule has 2 heterocycles. The summed E-state index contributed by atoms with van der Waals surface area (Å²) in [5.74, 6) is 1.04. The first-order valence-corrected chi connectivity index (χ1v) is 10.2. The van der Waals surface area contributed by atoms with Gasteiger partial charge in [0.05, 0.1) is 0 Å². The smallest absolute Gasteiger partial charge is 0.227 e. The molecule has 4 nitrogen and oxygen atoms in total. The van der Waals surface area contributed by atoms with E-state index >= 15 is 0 Å². The summed E-state index contributed by atoms with van der Waals surface area (Å²) >= 11 is 6.36. The van der Waals surface area contributed by atoms with Gasteiger partial charge in [0.25, 0.3) is 0 Å². The number of aromatic nitrogens is 2. The van der Waals surface area contributed by atoms with E-state index in [1.807, 2.05) is 84.9 Å². The highest BCUT2D eigenvalue weighted by atomic mass is 35.5. The van der Waals surface area contributed by atoms with Crippen LogP contribution in [-0.4, -0.2) is 9.97 Å². The third-order valence-electron chi connectivity index (χ3n) is 5.18. The minimum absolute atomic E-state index is 0.509. The Balaban J connectivity index is 1.58. The zero-order valence-electron chi connectivity index (χ0n) is 16.2. The van der Waals surface area contributed by atoms with Gasteiger partial charge in [-0.15, -0.1) is 0 Å². The maximum Gasteiger partial charge on any atom is 0.227 e. The van der Waals surface area contributed by atoms with Gasteiger partial charge in [-0.05, 0) is 59.7 Å². The summed E-state index contributed by atoms with van der Waals surface area (Å²) in [6, 6.07) is 30.0. The Kier molecular flexibility index (Phi) is 4.11. The lowest BCUT2D eigenvalue weighted by Gasteiger charge is -2.11. The molecule has 147 valence electrons. The third kappa shape index (κ3) is 3.09. The van der Waals surface area contributed by atoms with Gasteiger partial charge in [0.1, 0.15) is 11.0 Å². The van der Waals surface area contributed by atoms with Gasteiger partial charge >= 0.3 is 0 Å². The number of nitrogens with zero attached hydrogens (tertiary/aromatic N) is 2. The van der Waals surface area contributed by atoms with Crippen molar-refractivity contribution >= 4 is 33.8 Å². The maximum atomic E-state index is 6.36. The van der Waals surface area contributed by atoms with Gasteiger partial charge < -0.3 is 8.83 Å². The summed E-state index contributed by atoms with van der Waals surface area (Å²) < 4.78 is 12.1. The monoisotopic (exact) mass is 421 g/mol. The number of hydrogen-bond acceptors (Lipinski definition) is 4. The van der Waals surface area contributed by atoms with Crippen molar-refractivity contribution in [3.8, 4) is 34.0 Å². The first kappa shape index (κ1) is 17.9. The van der Waals surface area contributed by atoms with Crippen LogP contribution in [0.3, 0.4) is 0 Å². The number of fused-ring (bicyclic) bond motifs is 2. The molecule has 0 aliphatic carbocycles. The van der Waals surface area contributed by atoms with Crippen molar-refractivity contribution in [3.63, 3.8) is 0 Å². The molecule has 0 aliphatic heterocycles. The number of rotatable bonds is 3. The van der Waals surface area contributed by atoms with Crippen molar-refractivity contribution in [2.24, 2.45) is 0 Å². The quantitative estimate of drug-likeness (QED) is 0.298. The average Bonchev–Trinajstić information content (AvgIpc) is 3.43. The van der Waals surface area contributed by atoms with Gasteiger partial charge in [0.2, 0.25) is 11.8 Å². The first-order valence-electron chi connectivity index (χ1n) is 9.78. The average molecular weight is 422 g/mol. The number of benzene rings is 4. The van der Waals surface area contributed by atoms with E-state index in [-0.39, 0.29) is 0 Å². The van der Waals surface area contributed by atoms with Gasteiger partial charge in [0.15, 0.2) is 11.2 Å². The molecule has 5 heteroatoms. The normalized spacial score (nSPS) is 11.4. The molecule has 0 amide bonds. The molecule has 0 N–H and O–H groups in total. The Labute approximate surface area is 182 Å². The molecule has 0 saturated heterocycles. The summed E-state index contributed by atoms with van der Waals surface area (Å²) in [5, 5.41) is 0.604. The van der Waals surface area contributed by atoms with E-state index in [0.717, 1.165) is 44.5 Å². The SMILES string of the molecule is Clc1ccc(-c2cc[c]cc2-c2nc3ccccc3o2)c(-c2nc3ccccc3o2)c1. The van der Waals surface area contributed by atoms with E-state index in [0.29, 0.717) is 16.8 Å². The van der Waals surface area contributed by atoms with Crippen LogP contribution in [0.25, 0.3) is 56.2 Å². The Morgan fingerprint density at radius 1 is 0.645 bits per heavy atom. The van der Waals surface area contributed by atoms with E-state index in [2.05, 4.69) is 16.0 Å². The Bertz CT molecular complexity index is 1500. The summed E-state index contributed by atoms with van der Waals surface area (Å²) in [7, 11) is 0. The minimum atomic E-state index is 0.509. The van der Waals surface area contributed by atoms with Crippen molar-refractivity contribution in [2.75, 3.05) is 0 Å². The molecule has 4 aromatic carbocycles. The topological polar surface area (TPSA) is 52.1 Å². The molecule has 6 aromatic rings. The first-order chi connectivity index (χ1) is 15.3. The van der Waals surface area contributed by atoms with Crippen molar-refractivity contribution in [3.05, 3.63) is 96.0 Å². The highest BCUT2D eigenvalue weighted by Gasteiger charge is 2.19. The second-order valence-corrected chi connectivity index (χ2v) is 7.57. The lowest BCUT2D eigenvalue weighted by atomic mass is 9.95. The van der Waals surface area contributed by atoms with Crippen LogP contribution in [0.1, 0.15) is 0 Å². The Hall–Kier alpha value is -3.89. The Morgan fingerprint density at radius 2 is 1.26 bits per heavy atom. The van der Waals surface area contributed by atoms with Crippen LogP contribution in [-0.2, 0) is 0 Å². The second-order valence-electron chi connectivity index (χ2n) is 7.14. The molecule has 2 aromatic heterocycles. The Morgan fingerprint density at radius 3 is 1.94 bits per heavy atom. The molecule has 0 bridgehead atoms. The number of hydrogen-bond donors (Lipinski definition) is 0. The van der Waals surface area contributed by atoms with Gasteiger partial charge in [-0.1, -0.05) is 54.1 Å². The highest BCUT2D eigenvalue weighted by molar-refractivity contribution is 6.31. The lowest BCUT2D eigenvalue weighted by molar-refractivity contribution is 0.618. The van der Waals surface area contributed by atoms with Crippen LogP contribution >= 0.6 is 11.6 Å². The number of oxazole rings is 2. The highest BCUT2D eigenvalue weighted by Crippen LogP contribution is 2.40. The van der Waals surface area contributed by atoms with Crippen LogP contribution in [0.15, 0.2) is 93.8 Å². The molecule has 0 atom stereocenters. The fraction of sp³-hybridized carbons (Fsp3) is 0. The van der Waals surface area contributed by atoms with E-state index in [9.17, 15) is 0 Å². The molecular formula is C26H14ClN2O2. The predicted molar refractivity (Wildman–Crippen MR) is 122 cm³/mol. The second kappa shape index (κ2) is 7.11. The number of para-hydroxylation sites is 4. The molecular weight excluding hydrogens is 408 g/mol. The fourth-order valence-corrected chi connectivity index (χ4v) is 3.92. The summed E-state index contributed by atoms with van der Waals surface area (Å²) in [5.41, 5.74) is 6.55. The predicted octanol–water partition coefficient (Wildman–Crippen LogP) is 7.42. The molecule has 0 unspecified atom stereocenters. The van der Waals surface area contributed by atoms with Gasteiger partial charge in [-0.2, -0.15) is 0 Å². The summed E-state index contributed by atoms with van der Waals surface area (Å²) in [6.45, 7) is 0. The third-order valence-corrected chi connectivity index (χ3v) is 5.42. The van der Waals surface area contributed by atoms with Crippen LogP contribution in [0.4, 0.5) is 0 Å². The molecule has 0 spiro atoms. The van der Waals surface area contributed by atoms with E-state index in [4.69, 9.17) is 20.4 Å². The van der Waals surface area contributed by atoms with E-state index in [1.165, 1.54) is 0 Å².